The number of nitrogens with zero attached hydrogens (tertiary/aromatic N) is 1. The van der Waals surface area contributed by atoms with Crippen LogP contribution in [0.1, 0.15) is 5.56 Å². The predicted molar refractivity (Wildman–Crippen MR) is 79.8 cm³/mol. The van der Waals surface area contributed by atoms with Gasteiger partial charge in [-0.05, 0) is 30.3 Å². The molecule has 0 aliphatic heterocycles. The van der Waals surface area contributed by atoms with Gasteiger partial charge in [0.1, 0.15) is 17.2 Å². The third kappa shape index (κ3) is 3.15. The first-order valence-corrected chi connectivity index (χ1v) is 6.35. The summed E-state index contributed by atoms with van der Waals surface area (Å²) in [5, 5.41) is 9.92. The van der Waals surface area contributed by atoms with Gasteiger partial charge in [0.05, 0.1) is 14.2 Å². The number of methoxy groups -OCH3 is 2. The Hall–Kier alpha value is -2.36. The van der Waals surface area contributed by atoms with Gasteiger partial charge in [-0.15, -0.1) is 0 Å². The average molecular weight is 273 g/mol. The van der Waals surface area contributed by atoms with Crippen LogP contribution in [0.4, 0.5) is 5.69 Å². The molecule has 0 saturated heterocycles. The van der Waals surface area contributed by atoms with E-state index in [-0.39, 0.29) is 5.75 Å². The van der Waals surface area contributed by atoms with E-state index in [9.17, 15) is 5.11 Å². The first-order chi connectivity index (χ1) is 9.63. The van der Waals surface area contributed by atoms with E-state index in [0.717, 1.165) is 22.7 Å². The van der Waals surface area contributed by atoms with Crippen molar-refractivity contribution in [2.24, 2.45) is 0 Å². The molecular formula is C16H19NO3. The Morgan fingerprint density at radius 2 is 1.70 bits per heavy atom. The van der Waals surface area contributed by atoms with Crippen LogP contribution in [0.15, 0.2) is 42.5 Å². The minimum atomic E-state index is 0.264. The number of anilines is 1. The molecule has 4 heteroatoms. The van der Waals surface area contributed by atoms with Gasteiger partial charge in [-0.25, -0.2) is 0 Å². The molecule has 0 radical (unpaired) electrons. The number of aromatic hydroxyl groups is 1. The number of phenolic OH excluding ortho intramolecular Hbond substituents is 1. The van der Waals surface area contributed by atoms with Crippen molar-refractivity contribution < 1.29 is 14.6 Å². The molecule has 0 unspecified atom stereocenters. The summed E-state index contributed by atoms with van der Waals surface area (Å²) in [6.45, 7) is 0.580. The van der Waals surface area contributed by atoms with Crippen LogP contribution in [-0.4, -0.2) is 26.4 Å². The second kappa shape index (κ2) is 6.19. The predicted octanol–water partition coefficient (Wildman–Crippen LogP) is 3.05. The van der Waals surface area contributed by atoms with Crippen LogP contribution in [0, 0.1) is 0 Å². The molecular weight excluding hydrogens is 254 g/mol. The van der Waals surface area contributed by atoms with Crippen LogP contribution < -0.4 is 14.4 Å². The van der Waals surface area contributed by atoms with Crippen molar-refractivity contribution in [3.8, 4) is 17.2 Å². The SMILES string of the molecule is COc1cccc(N(C)Cc2cc(OC)ccc2O)c1. The summed E-state index contributed by atoms with van der Waals surface area (Å²) in [7, 11) is 5.22. The Labute approximate surface area is 119 Å². The Morgan fingerprint density at radius 3 is 2.40 bits per heavy atom. The zero-order valence-corrected chi connectivity index (χ0v) is 12.0. The lowest BCUT2D eigenvalue weighted by Gasteiger charge is -2.20. The maximum absolute atomic E-state index is 9.92. The largest absolute Gasteiger partial charge is 0.508 e. The molecule has 0 saturated carbocycles. The van der Waals surface area contributed by atoms with E-state index in [2.05, 4.69) is 0 Å². The van der Waals surface area contributed by atoms with Gasteiger partial charge in [-0.3, -0.25) is 0 Å². The molecule has 0 fully saturated rings. The van der Waals surface area contributed by atoms with Crippen LogP contribution in [0.25, 0.3) is 0 Å². The van der Waals surface area contributed by atoms with Gasteiger partial charge in [-0.2, -0.15) is 0 Å². The molecule has 2 aromatic rings. The van der Waals surface area contributed by atoms with Crippen LogP contribution in [0.2, 0.25) is 0 Å². The van der Waals surface area contributed by atoms with Gasteiger partial charge in [0, 0.05) is 30.9 Å². The third-order valence-electron chi connectivity index (χ3n) is 3.19. The van der Waals surface area contributed by atoms with Gasteiger partial charge in [0.25, 0.3) is 0 Å². The summed E-state index contributed by atoms with van der Waals surface area (Å²) in [5.74, 6) is 1.81. The quantitative estimate of drug-likeness (QED) is 0.909. The van der Waals surface area contributed by atoms with Crippen molar-refractivity contribution in [1.29, 1.82) is 0 Å². The Bertz CT molecular complexity index is 584. The minimum Gasteiger partial charge on any atom is -0.508 e. The van der Waals surface area contributed by atoms with Gasteiger partial charge >= 0.3 is 0 Å². The maximum Gasteiger partial charge on any atom is 0.120 e. The lowest BCUT2D eigenvalue weighted by molar-refractivity contribution is 0.410. The number of hydrogen-bond donors (Lipinski definition) is 1. The highest BCUT2D eigenvalue weighted by atomic mass is 16.5. The van der Waals surface area contributed by atoms with E-state index in [4.69, 9.17) is 9.47 Å². The zero-order valence-electron chi connectivity index (χ0n) is 12.0. The van der Waals surface area contributed by atoms with Crippen molar-refractivity contribution >= 4 is 5.69 Å². The van der Waals surface area contributed by atoms with Crippen LogP contribution in [0.3, 0.4) is 0 Å². The number of rotatable bonds is 5. The summed E-state index contributed by atoms with van der Waals surface area (Å²) in [6, 6.07) is 13.0. The second-order valence-corrected chi connectivity index (χ2v) is 4.55. The maximum atomic E-state index is 9.92. The standard InChI is InChI=1S/C16H19NO3/c1-17(13-5-4-6-14(10-13)19-2)11-12-9-15(20-3)7-8-16(12)18/h4-10,18H,11H2,1-3H3. The molecule has 2 aromatic carbocycles. The van der Waals surface area contributed by atoms with Crippen LogP contribution in [-0.2, 0) is 6.54 Å². The number of ether oxygens (including phenoxy) is 2. The van der Waals surface area contributed by atoms with Crippen molar-refractivity contribution in [3.63, 3.8) is 0 Å². The fourth-order valence-corrected chi connectivity index (χ4v) is 2.01. The molecule has 0 heterocycles. The van der Waals surface area contributed by atoms with E-state index < -0.39 is 0 Å². The Balaban J connectivity index is 2.20. The molecule has 0 bridgehead atoms. The number of hydrogen-bond acceptors (Lipinski definition) is 4. The van der Waals surface area contributed by atoms with Gasteiger partial charge in [-0.1, -0.05) is 6.07 Å². The van der Waals surface area contributed by atoms with Crippen molar-refractivity contribution in [1.82, 2.24) is 0 Å². The molecule has 1 N–H and O–H groups in total. The van der Waals surface area contributed by atoms with Crippen molar-refractivity contribution in [2.75, 3.05) is 26.2 Å². The fourth-order valence-electron chi connectivity index (χ4n) is 2.01. The molecule has 2 rings (SSSR count). The Kier molecular flexibility index (Phi) is 4.35. The highest BCUT2D eigenvalue weighted by Gasteiger charge is 2.08. The first kappa shape index (κ1) is 14.1. The molecule has 0 amide bonds. The monoisotopic (exact) mass is 273 g/mol. The summed E-state index contributed by atoms with van der Waals surface area (Å²) in [5.41, 5.74) is 1.83. The van der Waals surface area contributed by atoms with Crippen LogP contribution in [0.5, 0.6) is 17.2 Å². The van der Waals surface area contributed by atoms with E-state index in [1.807, 2.05) is 42.3 Å². The lowest BCUT2D eigenvalue weighted by Crippen LogP contribution is -2.16. The number of phenols is 1. The molecule has 0 aromatic heterocycles. The summed E-state index contributed by atoms with van der Waals surface area (Å²) < 4.78 is 10.4. The molecule has 0 aliphatic carbocycles. The summed E-state index contributed by atoms with van der Waals surface area (Å²) in [6.07, 6.45) is 0. The first-order valence-electron chi connectivity index (χ1n) is 6.35. The molecule has 106 valence electrons. The summed E-state index contributed by atoms with van der Waals surface area (Å²) >= 11 is 0. The highest BCUT2D eigenvalue weighted by molar-refractivity contribution is 5.51. The van der Waals surface area contributed by atoms with E-state index in [1.54, 1.807) is 26.4 Å². The zero-order chi connectivity index (χ0) is 14.5. The van der Waals surface area contributed by atoms with Gasteiger partial charge in [0.2, 0.25) is 0 Å². The third-order valence-corrected chi connectivity index (χ3v) is 3.19. The second-order valence-electron chi connectivity index (χ2n) is 4.55. The van der Waals surface area contributed by atoms with Gasteiger partial charge < -0.3 is 19.5 Å². The van der Waals surface area contributed by atoms with Crippen molar-refractivity contribution in [2.45, 2.75) is 6.54 Å². The highest BCUT2D eigenvalue weighted by Crippen LogP contribution is 2.27. The van der Waals surface area contributed by atoms with Crippen LogP contribution >= 0.6 is 0 Å². The molecule has 0 atom stereocenters. The summed E-state index contributed by atoms with van der Waals surface area (Å²) in [4.78, 5) is 2.04. The van der Waals surface area contributed by atoms with Crippen molar-refractivity contribution in [3.05, 3.63) is 48.0 Å². The van der Waals surface area contributed by atoms with E-state index in [0.29, 0.717) is 6.54 Å². The molecule has 0 aliphatic rings. The lowest BCUT2D eigenvalue weighted by atomic mass is 10.1. The number of benzene rings is 2. The van der Waals surface area contributed by atoms with E-state index >= 15 is 0 Å². The molecule has 4 nitrogen and oxygen atoms in total. The Morgan fingerprint density at radius 1 is 1.00 bits per heavy atom. The molecule has 0 spiro atoms. The van der Waals surface area contributed by atoms with Gasteiger partial charge in [0.15, 0.2) is 0 Å². The minimum absolute atomic E-state index is 0.264. The topological polar surface area (TPSA) is 41.9 Å². The normalized spacial score (nSPS) is 10.2. The fraction of sp³-hybridized carbons (Fsp3) is 0.250. The smallest absolute Gasteiger partial charge is 0.120 e. The van der Waals surface area contributed by atoms with E-state index in [1.165, 1.54) is 0 Å². The average Bonchev–Trinajstić information content (AvgIpc) is 2.49. The molecule has 20 heavy (non-hydrogen) atoms.